The number of benzene rings is 1. The maximum absolute atomic E-state index is 4.19. The van der Waals surface area contributed by atoms with Gasteiger partial charge in [0.05, 0.1) is 11.7 Å². The molecule has 1 aromatic carbocycles. The summed E-state index contributed by atoms with van der Waals surface area (Å²) in [4.78, 5) is 0. The molecule has 2 nitrogen and oxygen atoms in total. The molecule has 0 spiro atoms. The second-order valence-electron chi connectivity index (χ2n) is 3.01. The molecule has 12 heavy (non-hydrogen) atoms. The first-order valence-corrected chi connectivity index (χ1v) is 4.22. The summed E-state index contributed by atoms with van der Waals surface area (Å²) in [5.74, 6) is 0. The van der Waals surface area contributed by atoms with E-state index in [-0.39, 0.29) is 0 Å². The molecule has 0 N–H and O–H groups in total. The number of rotatable bonds is 1. The Morgan fingerprint density at radius 2 is 2.25 bits per heavy atom. The highest BCUT2D eigenvalue weighted by Crippen LogP contribution is 2.14. The lowest BCUT2D eigenvalue weighted by Gasteiger charge is -1.97. The van der Waals surface area contributed by atoms with Crippen molar-refractivity contribution in [2.75, 3.05) is 0 Å². The molecule has 0 unspecified atom stereocenters. The van der Waals surface area contributed by atoms with Crippen LogP contribution in [0, 0.1) is 0 Å². The fourth-order valence-corrected chi connectivity index (χ4v) is 1.41. The predicted octanol–water partition coefficient (Wildman–Crippen LogP) is 2.14. The molecule has 1 heterocycles. The first-order valence-electron chi connectivity index (χ1n) is 4.22. The smallest absolute Gasteiger partial charge is 0.0681 e. The van der Waals surface area contributed by atoms with E-state index in [2.05, 4.69) is 30.2 Å². The Bertz CT molecular complexity index is 401. The van der Waals surface area contributed by atoms with E-state index in [1.54, 1.807) is 0 Å². The summed E-state index contributed by atoms with van der Waals surface area (Å²) in [7, 11) is 1.97. The molecule has 1 aromatic heterocycles. The predicted molar refractivity (Wildman–Crippen MR) is 50.1 cm³/mol. The fourth-order valence-electron chi connectivity index (χ4n) is 1.41. The van der Waals surface area contributed by atoms with Gasteiger partial charge in [-0.3, -0.25) is 4.68 Å². The zero-order chi connectivity index (χ0) is 8.55. The van der Waals surface area contributed by atoms with Gasteiger partial charge in [0, 0.05) is 12.4 Å². The van der Waals surface area contributed by atoms with Crippen molar-refractivity contribution in [3.8, 4) is 0 Å². The monoisotopic (exact) mass is 160 g/mol. The summed E-state index contributed by atoms with van der Waals surface area (Å²) in [6.45, 7) is 2.16. The van der Waals surface area contributed by atoms with Crippen molar-refractivity contribution in [2.45, 2.75) is 13.3 Å². The average molecular weight is 160 g/mol. The van der Waals surface area contributed by atoms with Crippen molar-refractivity contribution in [1.29, 1.82) is 0 Å². The van der Waals surface area contributed by atoms with Crippen LogP contribution in [0.5, 0.6) is 0 Å². The molecule has 0 atom stereocenters. The minimum absolute atomic E-state index is 1.08. The summed E-state index contributed by atoms with van der Waals surface area (Å²) in [5, 5.41) is 5.41. The van der Waals surface area contributed by atoms with Gasteiger partial charge < -0.3 is 0 Å². The second-order valence-corrected chi connectivity index (χ2v) is 3.01. The van der Waals surface area contributed by atoms with Crippen molar-refractivity contribution in [1.82, 2.24) is 9.78 Å². The number of aromatic nitrogens is 2. The normalized spacial score (nSPS) is 10.8. The first kappa shape index (κ1) is 7.35. The lowest BCUT2D eigenvalue weighted by Crippen LogP contribution is -1.89. The molecule has 0 amide bonds. The number of hydrogen-bond donors (Lipinski definition) is 0. The summed E-state index contributed by atoms with van der Waals surface area (Å²) >= 11 is 0. The van der Waals surface area contributed by atoms with Crippen LogP contribution in [0.25, 0.3) is 10.9 Å². The molecule has 2 aromatic rings. The minimum Gasteiger partial charge on any atom is -0.268 e. The van der Waals surface area contributed by atoms with E-state index in [9.17, 15) is 0 Å². The van der Waals surface area contributed by atoms with Crippen LogP contribution in [0.15, 0.2) is 24.4 Å². The van der Waals surface area contributed by atoms with Crippen molar-refractivity contribution in [3.63, 3.8) is 0 Å². The molecule has 2 rings (SSSR count). The van der Waals surface area contributed by atoms with Crippen molar-refractivity contribution >= 4 is 10.9 Å². The van der Waals surface area contributed by atoms with Crippen LogP contribution in [0.3, 0.4) is 0 Å². The molecule has 2 heteroatoms. The van der Waals surface area contributed by atoms with Crippen molar-refractivity contribution in [2.24, 2.45) is 7.05 Å². The molecule has 0 saturated heterocycles. The van der Waals surface area contributed by atoms with Crippen molar-refractivity contribution in [3.05, 3.63) is 30.0 Å². The van der Waals surface area contributed by atoms with Gasteiger partial charge >= 0.3 is 0 Å². The molecule has 62 valence electrons. The van der Waals surface area contributed by atoms with E-state index < -0.39 is 0 Å². The number of aryl methyl sites for hydroxylation is 2. The third-order valence-electron chi connectivity index (χ3n) is 2.22. The number of fused-ring (bicyclic) bond motifs is 1. The Morgan fingerprint density at radius 1 is 1.42 bits per heavy atom. The van der Waals surface area contributed by atoms with E-state index in [1.807, 2.05) is 17.9 Å². The van der Waals surface area contributed by atoms with Gasteiger partial charge in [0.15, 0.2) is 0 Å². The van der Waals surface area contributed by atoms with Gasteiger partial charge in [-0.25, -0.2) is 0 Å². The molecule has 0 aliphatic heterocycles. The standard InChI is InChI=1S/C10H12N2/c1-3-8-4-5-9-7-11-12(2)10(9)6-8/h4-7H,3H2,1-2H3. The molecule has 0 aliphatic rings. The Hall–Kier alpha value is -1.31. The SMILES string of the molecule is CCc1ccc2cnn(C)c2c1. The molecule has 0 saturated carbocycles. The second kappa shape index (κ2) is 2.63. The van der Waals surface area contributed by atoms with Crippen LogP contribution in [-0.4, -0.2) is 9.78 Å². The van der Waals surface area contributed by atoms with E-state index in [1.165, 1.54) is 16.5 Å². The largest absolute Gasteiger partial charge is 0.268 e. The van der Waals surface area contributed by atoms with E-state index in [0.29, 0.717) is 0 Å². The van der Waals surface area contributed by atoms with Gasteiger partial charge in [-0.1, -0.05) is 19.1 Å². The Balaban J connectivity index is 2.71. The molecular weight excluding hydrogens is 148 g/mol. The highest BCUT2D eigenvalue weighted by Gasteiger charge is 1.98. The van der Waals surface area contributed by atoms with Crippen LogP contribution < -0.4 is 0 Å². The molecule has 0 radical (unpaired) electrons. The van der Waals surface area contributed by atoms with Crippen molar-refractivity contribution < 1.29 is 0 Å². The Morgan fingerprint density at radius 3 is 3.00 bits per heavy atom. The molecular formula is C10H12N2. The van der Waals surface area contributed by atoms with E-state index >= 15 is 0 Å². The average Bonchev–Trinajstić information content (AvgIpc) is 2.47. The fraction of sp³-hybridized carbons (Fsp3) is 0.300. The summed E-state index contributed by atoms with van der Waals surface area (Å²) in [5.41, 5.74) is 2.58. The van der Waals surface area contributed by atoms with Crippen LogP contribution in [-0.2, 0) is 13.5 Å². The first-order chi connectivity index (χ1) is 5.81. The Kier molecular flexibility index (Phi) is 1.61. The summed E-state index contributed by atoms with van der Waals surface area (Å²) in [6, 6.07) is 6.48. The third kappa shape index (κ3) is 0.998. The van der Waals surface area contributed by atoms with Gasteiger partial charge in [-0.05, 0) is 18.1 Å². The van der Waals surface area contributed by atoms with Gasteiger partial charge in [-0.2, -0.15) is 5.10 Å². The molecule has 0 bridgehead atoms. The topological polar surface area (TPSA) is 17.8 Å². The van der Waals surface area contributed by atoms with Crippen LogP contribution in [0.1, 0.15) is 12.5 Å². The van der Waals surface area contributed by atoms with E-state index in [0.717, 1.165) is 6.42 Å². The zero-order valence-corrected chi connectivity index (χ0v) is 7.41. The number of nitrogens with zero attached hydrogens (tertiary/aromatic N) is 2. The quantitative estimate of drug-likeness (QED) is 0.625. The molecule has 0 aliphatic carbocycles. The summed E-state index contributed by atoms with van der Waals surface area (Å²) < 4.78 is 1.91. The van der Waals surface area contributed by atoms with Crippen LogP contribution in [0.2, 0.25) is 0 Å². The number of hydrogen-bond acceptors (Lipinski definition) is 1. The van der Waals surface area contributed by atoms with E-state index in [4.69, 9.17) is 0 Å². The summed E-state index contributed by atoms with van der Waals surface area (Å²) in [6.07, 6.45) is 2.98. The zero-order valence-electron chi connectivity index (χ0n) is 7.41. The lowest BCUT2D eigenvalue weighted by molar-refractivity contribution is 0.796. The highest BCUT2D eigenvalue weighted by atomic mass is 15.2. The highest BCUT2D eigenvalue weighted by molar-refractivity contribution is 5.79. The lowest BCUT2D eigenvalue weighted by atomic mass is 10.1. The maximum Gasteiger partial charge on any atom is 0.0681 e. The van der Waals surface area contributed by atoms with Crippen LogP contribution in [0.4, 0.5) is 0 Å². The molecule has 0 fully saturated rings. The third-order valence-corrected chi connectivity index (χ3v) is 2.22. The van der Waals surface area contributed by atoms with Gasteiger partial charge in [0.2, 0.25) is 0 Å². The van der Waals surface area contributed by atoms with Gasteiger partial charge in [0.25, 0.3) is 0 Å². The Labute approximate surface area is 71.8 Å². The maximum atomic E-state index is 4.19. The van der Waals surface area contributed by atoms with Gasteiger partial charge in [0.1, 0.15) is 0 Å². The minimum atomic E-state index is 1.08. The van der Waals surface area contributed by atoms with Crippen LogP contribution >= 0.6 is 0 Å². The van der Waals surface area contributed by atoms with Gasteiger partial charge in [-0.15, -0.1) is 0 Å².